The second-order valence-electron chi connectivity index (χ2n) is 6.40. The second-order valence-corrected chi connectivity index (χ2v) is 6.40. The number of aryl methyl sites for hydroxylation is 3. The molecule has 3 rings (SSSR count). The van der Waals surface area contributed by atoms with Crippen molar-refractivity contribution >= 4 is 23.3 Å². The molecule has 24 heavy (non-hydrogen) atoms. The number of rotatable bonds is 3. The van der Waals surface area contributed by atoms with Crippen LogP contribution in [0.5, 0.6) is 0 Å². The van der Waals surface area contributed by atoms with Gasteiger partial charge in [-0.2, -0.15) is 0 Å². The maximum Gasteiger partial charge on any atom is 0.230 e. The molecule has 0 saturated carbocycles. The van der Waals surface area contributed by atoms with Crippen molar-refractivity contribution in [2.24, 2.45) is 5.92 Å². The highest BCUT2D eigenvalue weighted by Crippen LogP contribution is 2.27. The molecule has 1 aliphatic heterocycles. The van der Waals surface area contributed by atoms with Crippen LogP contribution in [0.4, 0.5) is 11.5 Å². The number of nitrogens with one attached hydrogen (secondary N) is 1. The fourth-order valence-electron chi connectivity index (χ4n) is 3.08. The van der Waals surface area contributed by atoms with Crippen LogP contribution in [0.3, 0.4) is 0 Å². The van der Waals surface area contributed by atoms with Gasteiger partial charge in [-0.1, -0.05) is 12.1 Å². The lowest BCUT2D eigenvalue weighted by atomic mass is 10.1. The normalized spacial score (nSPS) is 17.2. The number of aromatic nitrogens is 1. The monoisotopic (exact) mass is 323 g/mol. The van der Waals surface area contributed by atoms with Crippen molar-refractivity contribution in [1.29, 1.82) is 0 Å². The number of hydrogen-bond acceptors (Lipinski definition) is 3. The van der Waals surface area contributed by atoms with Crippen LogP contribution >= 0.6 is 0 Å². The van der Waals surface area contributed by atoms with Crippen LogP contribution in [0.2, 0.25) is 0 Å². The van der Waals surface area contributed by atoms with Crippen LogP contribution in [0.15, 0.2) is 36.4 Å². The minimum Gasteiger partial charge on any atom is -0.312 e. The molecule has 0 unspecified atom stereocenters. The highest BCUT2D eigenvalue weighted by molar-refractivity contribution is 6.03. The zero-order chi connectivity index (χ0) is 17.3. The van der Waals surface area contributed by atoms with Crippen molar-refractivity contribution in [3.05, 3.63) is 53.2 Å². The van der Waals surface area contributed by atoms with Crippen LogP contribution in [0.25, 0.3) is 0 Å². The molecular formula is C19H21N3O2. The van der Waals surface area contributed by atoms with Gasteiger partial charge < -0.3 is 10.2 Å². The number of benzene rings is 1. The third-order valence-electron chi connectivity index (χ3n) is 4.15. The lowest BCUT2D eigenvalue weighted by Crippen LogP contribution is -2.28. The predicted molar refractivity (Wildman–Crippen MR) is 94.0 cm³/mol. The molecule has 0 aliphatic carbocycles. The van der Waals surface area contributed by atoms with Crippen LogP contribution in [-0.4, -0.2) is 23.3 Å². The molecule has 124 valence electrons. The topological polar surface area (TPSA) is 62.3 Å². The molecule has 0 spiro atoms. The second kappa shape index (κ2) is 6.43. The number of amides is 2. The van der Waals surface area contributed by atoms with Crippen molar-refractivity contribution < 1.29 is 9.59 Å². The van der Waals surface area contributed by atoms with E-state index in [0.717, 1.165) is 22.5 Å². The summed E-state index contributed by atoms with van der Waals surface area (Å²) < 4.78 is 0. The summed E-state index contributed by atoms with van der Waals surface area (Å²) >= 11 is 0. The molecule has 1 aliphatic rings. The van der Waals surface area contributed by atoms with E-state index in [2.05, 4.69) is 16.4 Å². The number of nitrogens with zero attached hydrogens (tertiary/aromatic N) is 2. The summed E-state index contributed by atoms with van der Waals surface area (Å²) in [6.07, 6.45) is 0.227. The highest BCUT2D eigenvalue weighted by Gasteiger charge is 2.35. The van der Waals surface area contributed by atoms with Gasteiger partial charge in [0.2, 0.25) is 11.8 Å². The van der Waals surface area contributed by atoms with Gasteiger partial charge in [0.1, 0.15) is 5.82 Å². The summed E-state index contributed by atoms with van der Waals surface area (Å²) in [4.78, 5) is 30.8. The maximum absolute atomic E-state index is 12.5. The van der Waals surface area contributed by atoms with E-state index < -0.39 is 0 Å². The Kier molecular flexibility index (Phi) is 4.34. The Morgan fingerprint density at radius 1 is 1.17 bits per heavy atom. The summed E-state index contributed by atoms with van der Waals surface area (Å²) in [5.41, 5.74) is 3.91. The standard InChI is InChI=1S/C19H21N3O2/c1-12-7-13(2)9-16(8-12)22-11-15(10-18(22)23)19(24)21-17-6-4-5-14(3)20-17/h4-9,15H,10-11H2,1-3H3,(H,20,21,24)/t15-/m0/s1. The number of hydrogen-bond donors (Lipinski definition) is 1. The van der Waals surface area contributed by atoms with Gasteiger partial charge in [0.25, 0.3) is 0 Å². The molecule has 1 saturated heterocycles. The molecule has 2 aromatic rings. The van der Waals surface area contributed by atoms with E-state index in [1.807, 2.05) is 45.0 Å². The first kappa shape index (κ1) is 16.2. The van der Waals surface area contributed by atoms with Gasteiger partial charge in [-0.05, 0) is 56.2 Å². The molecule has 2 amide bonds. The minimum absolute atomic E-state index is 0.0163. The van der Waals surface area contributed by atoms with Crippen LogP contribution in [0, 0.1) is 26.7 Å². The largest absolute Gasteiger partial charge is 0.312 e. The number of pyridine rings is 1. The Balaban J connectivity index is 1.73. The van der Waals surface area contributed by atoms with E-state index in [1.54, 1.807) is 11.0 Å². The molecule has 2 heterocycles. The lowest BCUT2D eigenvalue weighted by molar-refractivity contribution is -0.122. The first-order valence-electron chi connectivity index (χ1n) is 8.05. The van der Waals surface area contributed by atoms with Gasteiger partial charge >= 0.3 is 0 Å². The van der Waals surface area contributed by atoms with E-state index in [0.29, 0.717) is 12.4 Å². The smallest absolute Gasteiger partial charge is 0.230 e. The summed E-state index contributed by atoms with van der Waals surface area (Å²) in [5, 5.41) is 2.81. The van der Waals surface area contributed by atoms with Crippen molar-refractivity contribution in [2.75, 3.05) is 16.8 Å². The Bertz CT molecular complexity index is 781. The molecule has 5 nitrogen and oxygen atoms in total. The Morgan fingerprint density at radius 2 is 1.88 bits per heavy atom. The lowest BCUT2D eigenvalue weighted by Gasteiger charge is -2.18. The van der Waals surface area contributed by atoms with Crippen molar-refractivity contribution in [3.63, 3.8) is 0 Å². The average molecular weight is 323 g/mol. The molecule has 1 aromatic heterocycles. The van der Waals surface area contributed by atoms with Gasteiger partial charge in [0.05, 0.1) is 5.92 Å². The maximum atomic E-state index is 12.5. The van der Waals surface area contributed by atoms with E-state index in [4.69, 9.17) is 0 Å². The van der Waals surface area contributed by atoms with Crippen molar-refractivity contribution in [3.8, 4) is 0 Å². The van der Waals surface area contributed by atoms with Gasteiger partial charge in [-0.25, -0.2) is 4.98 Å². The number of anilines is 2. The fourth-order valence-corrected chi connectivity index (χ4v) is 3.08. The van der Waals surface area contributed by atoms with Gasteiger partial charge in [0, 0.05) is 24.3 Å². The minimum atomic E-state index is -0.361. The van der Waals surface area contributed by atoms with Gasteiger partial charge in [-0.15, -0.1) is 0 Å². The molecule has 1 N–H and O–H groups in total. The molecule has 0 bridgehead atoms. The third kappa shape index (κ3) is 3.45. The molecule has 1 atom stereocenters. The third-order valence-corrected chi connectivity index (χ3v) is 4.15. The SMILES string of the molecule is Cc1cc(C)cc(N2C[C@@H](C(=O)Nc3cccc(C)n3)CC2=O)c1. The molecule has 1 fully saturated rings. The molecule has 1 aromatic carbocycles. The summed E-state index contributed by atoms with van der Waals surface area (Å²) in [5.74, 6) is -0.0105. The molecule has 5 heteroatoms. The predicted octanol–water partition coefficient (Wildman–Crippen LogP) is 3.00. The average Bonchev–Trinajstić information content (AvgIpc) is 2.88. The summed E-state index contributed by atoms with van der Waals surface area (Å²) in [6.45, 7) is 6.28. The first-order chi connectivity index (χ1) is 11.4. The Morgan fingerprint density at radius 3 is 2.54 bits per heavy atom. The fraction of sp³-hybridized carbons (Fsp3) is 0.316. The van der Waals surface area contributed by atoms with E-state index in [-0.39, 0.29) is 24.2 Å². The first-order valence-corrected chi connectivity index (χ1v) is 8.05. The number of carbonyl (C=O) groups excluding carboxylic acids is 2. The molecular weight excluding hydrogens is 302 g/mol. The van der Waals surface area contributed by atoms with Crippen molar-refractivity contribution in [2.45, 2.75) is 27.2 Å². The molecule has 0 radical (unpaired) electrons. The highest BCUT2D eigenvalue weighted by atomic mass is 16.2. The summed E-state index contributed by atoms with van der Waals surface area (Å²) in [6, 6.07) is 11.5. The van der Waals surface area contributed by atoms with E-state index in [1.165, 1.54) is 0 Å². The van der Waals surface area contributed by atoms with E-state index in [9.17, 15) is 9.59 Å². The Labute approximate surface area is 141 Å². The zero-order valence-electron chi connectivity index (χ0n) is 14.2. The van der Waals surface area contributed by atoms with Crippen LogP contribution < -0.4 is 10.2 Å². The van der Waals surface area contributed by atoms with Crippen molar-refractivity contribution in [1.82, 2.24) is 4.98 Å². The quantitative estimate of drug-likeness (QED) is 0.944. The Hall–Kier alpha value is -2.69. The van der Waals surface area contributed by atoms with Crippen LogP contribution in [0.1, 0.15) is 23.2 Å². The van der Waals surface area contributed by atoms with Gasteiger partial charge in [0.15, 0.2) is 0 Å². The summed E-state index contributed by atoms with van der Waals surface area (Å²) in [7, 11) is 0. The van der Waals surface area contributed by atoms with Gasteiger partial charge in [-0.3, -0.25) is 9.59 Å². The van der Waals surface area contributed by atoms with Crippen LogP contribution in [-0.2, 0) is 9.59 Å². The zero-order valence-corrected chi connectivity index (χ0v) is 14.2. The number of carbonyl (C=O) groups is 2. The van der Waals surface area contributed by atoms with E-state index >= 15 is 0 Å².